The summed E-state index contributed by atoms with van der Waals surface area (Å²) in [6.07, 6.45) is 0. The van der Waals surface area contributed by atoms with Gasteiger partial charge in [0.1, 0.15) is 66.1 Å². The van der Waals surface area contributed by atoms with Gasteiger partial charge in [-0.3, -0.25) is 0 Å². The van der Waals surface area contributed by atoms with Gasteiger partial charge in [0.05, 0.1) is 5.39 Å². The predicted molar refractivity (Wildman–Crippen MR) is 170 cm³/mol. The van der Waals surface area contributed by atoms with E-state index in [4.69, 9.17) is 4.42 Å². The summed E-state index contributed by atoms with van der Waals surface area (Å²) >= 11 is 0. The summed E-state index contributed by atoms with van der Waals surface area (Å²) in [4.78, 5) is 0. The zero-order valence-electron chi connectivity index (χ0n) is 22.1. The van der Waals surface area contributed by atoms with Gasteiger partial charge in [0.2, 0.25) is 0 Å². The standard InChI is InChI=1S/C23H20B7F3O4S/c24-15-12(13-14(17(26)19(15)28)18(27)21(30)20(29)16(13)25)8-4-1-3-7-11-9(36-22(7)8)5-2-6-10(11)37-38(34,35)23(31,32)33/h1-6H,24-30H2. The lowest BCUT2D eigenvalue weighted by Gasteiger charge is -2.24. The molecule has 5 aromatic rings. The molecule has 0 unspecified atom stereocenters. The Labute approximate surface area is 224 Å². The molecule has 0 amide bonds. The molecule has 5 rings (SSSR count). The monoisotopic (exact) mass is 526 g/mol. The number of rotatable bonds is 3. The Hall–Kier alpha value is -3.07. The van der Waals surface area contributed by atoms with E-state index in [9.17, 15) is 21.6 Å². The van der Waals surface area contributed by atoms with Crippen LogP contribution in [0.1, 0.15) is 0 Å². The van der Waals surface area contributed by atoms with Crippen LogP contribution in [0.5, 0.6) is 5.75 Å². The Morgan fingerprint density at radius 3 is 1.84 bits per heavy atom. The van der Waals surface area contributed by atoms with Crippen molar-refractivity contribution >= 4 is 136 Å². The Morgan fingerprint density at radius 2 is 1.24 bits per heavy atom. The Kier molecular flexibility index (Phi) is 6.10. The summed E-state index contributed by atoms with van der Waals surface area (Å²) in [6, 6.07) is 9.61. The summed E-state index contributed by atoms with van der Waals surface area (Å²) in [7, 11) is 8.89. The van der Waals surface area contributed by atoms with Crippen LogP contribution in [-0.4, -0.2) is 68.9 Å². The topological polar surface area (TPSA) is 56.5 Å². The predicted octanol–water partition coefficient (Wildman–Crippen LogP) is -5.56. The fourth-order valence-corrected chi connectivity index (χ4v) is 5.99. The quantitative estimate of drug-likeness (QED) is 0.134. The van der Waals surface area contributed by atoms with Gasteiger partial charge < -0.3 is 8.60 Å². The van der Waals surface area contributed by atoms with Crippen LogP contribution in [0, 0.1) is 0 Å². The fraction of sp³-hybridized carbons (Fsp3) is 0.0435. The highest BCUT2D eigenvalue weighted by atomic mass is 32.2. The molecule has 0 radical (unpaired) electrons. The van der Waals surface area contributed by atoms with Gasteiger partial charge >= 0.3 is 15.6 Å². The van der Waals surface area contributed by atoms with E-state index < -0.39 is 21.4 Å². The summed E-state index contributed by atoms with van der Waals surface area (Å²) in [5, 5.41) is 2.92. The normalized spacial score (nSPS) is 12.5. The first-order valence-corrected chi connectivity index (χ1v) is 13.5. The zero-order chi connectivity index (χ0) is 27.9. The Morgan fingerprint density at radius 1 is 0.684 bits per heavy atom. The minimum absolute atomic E-state index is 0.169. The summed E-state index contributed by atoms with van der Waals surface area (Å²) in [6.45, 7) is 0. The van der Waals surface area contributed by atoms with E-state index in [1.165, 1.54) is 39.4 Å². The van der Waals surface area contributed by atoms with Gasteiger partial charge in [0, 0.05) is 10.9 Å². The molecule has 1 heterocycles. The van der Waals surface area contributed by atoms with Gasteiger partial charge in [-0.1, -0.05) is 46.1 Å². The molecule has 0 saturated carbocycles. The molecule has 0 N–H and O–H groups in total. The fourth-order valence-electron chi connectivity index (χ4n) is 5.52. The third-order valence-corrected chi connectivity index (χ3v) is 9.02. The summed E-state index contributed by atoms with van der Waals surface area (Å²) in [5.74, 6) is -0.434. The van der Waals surface area contributed by atoms with Gasteiger partial charge in [-0.05, 0) is 28.5 Å². The number of benzene rings is 4. The second-order valence-electron chi connectivity index (χ2n) is 9.90. The van der Waals surface area contributed by atoms with E-state index in [1.807, 2.05) is 6.07 Å². The van der Waals surface area contributed by atoms with Gasteiger partial charge in [-0.2, -0.15) is 21.6 Å². The second-order valence-corrected chi connectivity index (χ2v) is 11.4. The lowest BCUT2D eigenvalue weighted by atomic mass is 9.58. The maximum atomic E-state index is 13.1. The van der Waals surface area contributed by atoms with Crippen LogP contribution in [0.25, 0.3) is 43.8 Å². The molecule has 15 heteroatoms. The van der Waals surface area contributed by atoms with E-state index in [-0.39, 0.29) is 11.0 Å². The van der Waals surface area contributed by atoms with E-state index in [0.29, 0.717) is 11.0 Å². The van der Waals surface area contributed by atoms with Crippen molar-refractivity contribution in [3.05, 3.63) is 36.4 Å². The highest BCUT2D eigenvalue weighted by Crippen LogP contribution is 2.41. The largest absolute Gasteiger partial charge is 0.534 e. The van der Waals surface area contributed by atoms with Crippen molar-refractivity contribution in [2.24, 2.45) is 0 Å². The average molecular weight is 525 g/mol. The number of furan rings is 1. The third-order valence-electron chi connectivity index (χ3n) is 8.05. The molecule has 0 bridgehead atoms. The smallest absolute Gasteiger partial charge is 0.455 e. The zero-order valence-corrected chi connectivity index (χ0v) is 23.0. The summed E-state index contributed by atoms with van der Waals surface area (Å²) < 4.78 is 73.7. The lowest BCUT2D eigenvalue weighted by molar-refractivity contribution is -0.0499. The Bertz CT molecular complexity index is 1930. The molecule has 0 atom stereocenters. The van der Waals surface area contributed by atoms with Gasteiger partial charge in [0.25, 0.3) is 0 Å². The first kappa shape index (κ1) is 26.5. The van der Waals surface area contributed by atoms with E-state index in [2.05, 4.69) is 59.1 Å². The molecular formula is C23H20B7F3O4S. The van der Waals surface area contributed by atoms with Gasteiger partial charge in [-0.25, -0.2) is 0 Å². The van der Waals surface area contributed by atoms with Crippen molar-refractivity contribution in [2.75, 3.05) is 0 Å². The highest BCUT2D eigenvalue weighted by molar-refractivity contribution is 7.88. The third kappa shape index (κ3) is 3.73. The second kappa shape index (κ2) is 8.73. The minimum atomic E-state index is -5.86. The molecular weight excluding hydrogens is 505 g/mol. The molecule has 1 aromatic heterocycles. The van der Waals surface area contributed by atoms with Crippen LogP contribution < -0.4 is 42.4 Å². The molecule has 0 saturated heterocycles. The first-order chi connectivity index (χ1) is 17.7. The number of halogens is 3. The molecule has 4 aromatic carbocycles. The maximum Gasteiger partial charge on any atom is 0.534 e. The molecule has 0 aliphatic rings. The molecule has 0 spiro atoms. The molecule has 38 heavy (non-hydrogen) atoms. The molecule has 0 fully saturated rings. The van der Waals surface area contributed by atoms with Gasteiger partial charge in [-0.15, -0.1) is 16.4 Å². The van der Waals surface area contributed by atoms with Crippen molar-refractivity contribution in [3.8, 4) is 16.9 Å². The number of hydrogen-bond donors (Lipinski definition) is 0. The van der Waals surface area contributed by atoms with E-state index in [0.717, 1.165) is 32.9 Å². The van der Waals surface area contributed by atoms with E-state index >= 15 is 0 Å². The number of para-hydroxylation sites is 1. The van der Waals surface area contributed by atoms with Crippen molar-refractivity contribution < 1.29 is 30.2 Å². The number of hydrogen-bond acceptors (Lipinski definition) is 4. The van der Waals surface area contributed by atoms with Crippen molar-refractivity contribution in [2.45, 2.75) is 5.51 Å². The summed E-state index contributed by atoms with van der Waals surface area (Å²) in [5.41, 5.74) is 5.10. The first-order valence-electron chi connectivity index (χ1n) is 12.1. The van der Waals surface area contributed by atoms with Crippen LogP contribution in [0.2, 0.25) is 0 Å². The average Bonchev–Trinajstić information content (AvgIpc) is 3.24. The van der Waals surface area contributed by atoms with Crippen LogP contribution >= 0.6 is 0 Å². The SMILES string of the molecule is Bc1c(B)c(B)c2c(-c3cccc4c3oc3cccc(OS(=O)(=O)C(F)(F)F)c34)c(B)c(B)c(B)c2c1B. The van der Waals surface area contributed by atoms with Crippen molar-refractivity contribution in [3.63, 3.8) is 0 Å². The highest BCUT2D eigenvalue weighted by Gasteiger charge is 2.48. The van der Waals surface area contributed by atoms with Crippen LogP contribution in [-0.2, 0) is 10.1 Å². The minimum Gasteiger partial charge on any atom is -0.455 e. The van der Waals surface area contributed by atoms with Gasteiger partial charge in [0.15, 0.2) is 5.75 Å². The Balaban J connectivity index is 1.91. The number of alkyl halides is 3. The molecule has 184 valence electrons. The van der Waals surface area contributed by atoms with Crippen molar-refractivity contribution in [1.82, 2.24) is 0 Å². The van der Waals surface area contributed by atoms with Crippen LogP contribution in [0.4, 0.5) is 13.2 Å². The van der Waals surface area contributed by atoms with Crippen molar-refractivity contribution in [1.29, 1.82) is 0 Å². The maximum absolute atomic E-state index is 13.1. The van der Waals surface area contributed by atoms with Crippen LogP contribution in [0.3, 0.4) is 0 Å². The lowest BCUT2D eigenvalue weighted by Crippen LogP contribution is -2.52. The molecule has 0 aliphatic carbocycles. The van der Waals surface area contributed by atoms with Crippen LogP contribution in [0.15, 0.2) is 40.8 Å². The van der Waals surface area contributed by atoms with E-state index in [1.54, 1.807) is 18.2 Å². The number of fused-ring (bicyclic) bond motifs is 4. The molecule has 0 aliphatic heterocycles. The molecule has 4 nitrogen and oxygen atoms in total.